The molecule has 2 aromatic heterocycles. The van der Waals surface area contributed by atoms with Crippen LogP contribution in [0, 0.1) is 6.92 Å². The normalized spacial score (nSPS) is 24.4. The highest BCUT2D eigenvalue weighted by Crippen LogP contribution is 2.29. The Hall–Kier alpha value is -1.24. The first-order valence-corrected chi connectivity index (χ1v) is 6.37. The molecule has 0 amide bonds. The van der Waals surface area contributed by atoms with Crippen molar-refractivity contribution in [1.29, 1.82) is 0 Å². The summed E-state index contributed by atoms with van der Waals surface area (Å²) in [6.07, 6.45) is 0.719. The molecule has 6 heteroatoms. The average Bonchev–Trinajstić information content (AvgIpc) is 2.97. The SMILES string of the molecule is Cc1cscc1-c1noc(C2(N)CCOC2)n1. The third-order valence-corrected chi connectivity index (χ3v) is 3.86. The number of hydrogen-bond donors (Lipinski definition) is 1. The molecule has 17 heavy (non-hydrogen) atoms. The molecule has 90 valence electrons. The van der Waals surface area contributed by atoms with Gasteiger partial charge in [0.25, 0.3) is 0 Å². The van der Waals surface area contributed by atoms with Gasteiger partial charge in [-0.05, 0) is 24.3 Å². The molecule has 3 heterocycles. The Morgan fingerprint density at radius 2 is 2.35 bits per heavy atom. The van der Waals surface area contributed by atoms with Gasteiger partial charge < -0.3 is 15.0 Å². The number of hydrogen-bond acceptors (Lipinski definition) is 6. The summed E-state index contributed by atoms with van der Waals surface area (Å²) in [6.45, 7) is 3.11. The molecule has 2 N–H and O–H groups in total. The van der Waals surface area contributed by atoms with E-state index in [4.69, 9.17) is 15.0 Å². The van der Waals surface area contributed by atoms with Crippen molar-refractivity contribution in [2.75, 3.05) is 13.2 Å². The molecular weight excluding hydrogens is 238 g/mol. The molecule has 1 aliphatic heterocycles. The van der Waals surface area contributed by atoms with Crippen LogP contribution >= 0.6 is 11.3 Å². The summed E-state index contributed by atoms with van der Waals surface area (Å²) >= 11 is 1.62. The smallest absolute Gasteiger partial charge is 0.249 e. The topological polar surface area (TPSA) is 74.2 Å². The zero-order valence-electron chi connectivity index (χ0n) is 9.47. The van der Waals surface area contributed by atoms with Crippen LogP contribution in [0.3, 0.4) is 0 Å². The van der Waals surface area contributed by atoms with E-state index in [0.717, 1.165) is 17.5 Å². The van der Waals surface area contributed by atoms with Crippen LogP contribution in [0.25, 0.3) is 11.4 Å². The number of rotatable bonds is 2. The Balaban J connectivity index is 1.96. The van der Waals surface area contributed by atoms with Gasteiger partial charge in [0.1, 0.15) is 5.54 Å². The molecule has 5 nitrogen and oxygen atoms in total. The summed E-state index contributed by atoms with van der Waals surface area (Å²) in [5, 5.41) is 8.06. The summed E-state index contributed by atoms with van der Waals surface area (Å²) in [7, 11) is 0. The number of aryl methyl sites for hydroxylation is 1. The molecule has 1 fully saturated rings. The lowest BCUT2D eigenvalue weighted by Crippen LogP contribution is -2.37. The van der Waals surface area contributed by atoms with Crippen LogP contribution in [0.4, 0.5) is 0 Å². The van der Waals surface area contributed by atoms with Gasteiger partial charge in [-0.2, -0.15) is 16.3 Å². The standard InChI is InChI=1S/C11H13N3O2S/c1-7-4-17-5-8(7)9-13-10(16-14-9)11(12)2-3-15-6-11/h4-5H,2-3,6,12H2,1H3. The lowest BCUT2D eigenvalue weighted by atomic mass is 10.0. The molecule has 1 aliphatic rings. The number of nitrogens with zero attached hydrogens (tertiary/aromatic N) is 2. The van der Waals surface area contributed by atoms with Gasteiger partial charge in [-0.1, -0.05) is 5.16 Å². The highest BCUT2D eigenvalue weighted by Gasteiger charge is 2.38. The molecule has 3 rings (SSSR count). The van der Waals surface area contributed by atoms with Crippen molar-refractivity contribution in [3.05, 3.63) is 22.2 Å². The average molecular weight is 251 g/mol. The zero-order valence-corrected chi connectivity index (χ0v) is 10.3. The van der Waals surface area contributed by atoms with Crippen LogP contribution in [0.15, 0.2) is 15.3 Å². The summed E-state index contributed by atoms with van der Waals surface area (Å²) in [5.74, 6) is 1.08. The number of nitrogens with two attached hydrogens (primary N) is 1. The van der Waals surface area contributed by atoms with Gasteiger partial charge in [0.15, 0.2) is 0 Å². The highest BCUT2D eigenvalue weighted by molar-refractivity contribution is 7.08. The Labute approximate surface area is 103 Å². The lowest BCUT2D eigenvalue weighted by Gasteiger charge is -2.14. The number of thiophene rings is 1. The first-order valence-electron chi connectivity index (χ1n) is 5.43. The Morgan fingerprint density at radius 1 is 1.47 bits per heavy atom. The largest absolute Gasteiger partial charge is 0.379 e. The van der Waals surface area contributed by atoms with Crippen molar-refractivity contribution in [2.45, 2.75) is 18.9 Å². The van der Waals surface area contributed by atoms with E-state index in [1.807, 2.05) is 12.3 Å². The molecule has 0 aliphatic carbocycles. The Bertz CT molecular complexity index is 528. The minimum absolute atomic E-state index is 0.442. The van der Waals surface area contributed by atoms with Gasteiger partial charge in [0.05, 0.1) is 6.61 Å². The summed E-state index contributed by atoms with van der Waals surface area (Å²) < 4.78 is 10.6. The molecular formula is C11H13N3O2S. The summed E-state index contributed by atoms with van der Waals surface area (Å²) in [5.41, 5.74) is 7.71. The lowest BCUT2D eigenvalue weighted by molar-refractivity contribution is 0.166. The van der Waals surface area contributed by atoms with Gasteiger partial charge in [0.2, 0.25) is 11.7 Å². The van der Waals surface area contributed by atoms with Gasteiger partial charge in [-0.3, -0.25) is 0 Å². The van der Waals surface area contributed by atoms with E-state index in [1.54, 1.807) is 11.3 Å². The summed E-state index contributed by atoms with van der Waals surface area (Å²) in [4.78, 5) is 4.39. The molecule has 1 unspecified atom stereocenters. The van der Waals surface area contributed by atoms with E-state index < -0.39 is 5.54 Å². The number of aromatic nitrogens is 2. The second kappa shape index (κ2) is 3.90. The van der Waals surface area contributed by atoms with Crippen LogP contribution in [0.5, 0.6) is 0 Å². The third-order valence-electron chi connectivity index (χ3n) is 3.00. The van der Waals surface area contributed by atoms with E-state index >= 15 is 0 Å². The monoisotopic (exact) mass is 251 g/mol. The van der Waals surface area contributed by atoms with E-state index in [1.165, 1.54) is 0 Å². The molecule has 1 saturated heterocycles. The van der Waals surface area contributed by atoms with E-state index in [2.05, 4.69) is 15.5 Å². The third kappa shape index (κ3) is 1.78. The maximum atomic E-state index is 6.17. The van der Waals surface area contributed by atoms with Crippen molar-refractivity contribution < 1.29 is 9.26 Å². The quantitative estimate of drug-likeness (QED) is 0.879. The Kier molecular flexibility index (Phi) is 2.50. The second-order valence-corrected chi connectivity index (χ2v) is 5.09. The molecule has 0 spiro atoms. The fraction of sp³-hybridized carbons (Fsp3) is 0.455. The molecule has 0 saturated carbocycles. The van der Waals surface area contributed by atoms with Crippen LogP contribution in [-0.4, -0.2) is 23.4 Å². The van der Waals surface area contributed by atoms with Gasteiger partial charge in [-0.15, -0.1) is 0 Å². The van der Waals surface area contributed by atoms with Crippen LogP contribution in [0.2, 0.25) is 0 Å². The highest BCUT2D eigenvalue weighted by atomic mass is 32.1. The predicted octanol–water partition coefficient (Wildman–Crippen LogP) is 1.68. The first kappa shape index (κ1) is 10.9. The summed E-state index contributed by atoms with van der Waals surface area (Å²) in [6, 6.07) is 0. The van der Waals surface area contributed by atoms with Gasteiger partial charge >= 0.3 is 0 Å². The minimum Gasteiger partial charge on any atom is -0.379 e. The maximum Gasteiger partial charge on any atom is 0.249 e. The van der Waals surface area contributed by atoms with Crippen molar-refractivity contribution in [3.63, 3.8) is 0 Å². The van der Waals surface area contributed by atoms with E-state index in [9.17, 15) is 0 Å². The molecule has 0 aromatic carbocycles. The van der Waals surface area contributed by atoms with Gasteiger partial charge in [-0.25, -0.2) is 0 Å². The number of ether oxygens (including phenoxy) is 1. The second-order valence-electron chi connectivity index (χ2n) is 4.35. The predicted molar refractivity (Wildman–Crippen MR) is 63.6 cm³/mol. The first-order chi connectivity index (χ1) is 8.19. The van der Waals surface area contributed by atoms with Crippen molar-refractivity contribution >= 4 is 11.3 Å². The molecule has 1 atom stereocenters. The van der Waals surface area contributed by atoms with Crippen molar-refractivity contribution in [1.82, 2.24) is 10.1 Å². The van der Waals surface area contributed by atoms with Crippen LogP contribution in [-0.2, 0) is 10.3 Å². The molecule has 0 radical (unpaired) electrons. The fourth-order valence-electron chi connectivity index (χ4n) is 1.87. The molecule has 0 bridgehead atoms. The van der Waals surface area contributed by atoms with Crippen LogP contribution < -0.4 is 5.73 Å². The fourth-order valence-corrected chi connectivity index (χ4v) is 2.70. The molecule has 2 aromatic rings. The van der Waals surface area contributed by atoms with E-state index in [0.29, 0.717) is 24.9 Å². The Morgan fingerprint density at radius 3 is 3.00 bits per heavy atom. The maximum absolute atomic E-state index is 6.17. The van der Waals surface area contributed by atoms with Crippen LogP contribution in [0.1, 0.15) is 17.9 Å². The van der Waals surface area contributed by atoms with Crippen molar-refractivity contribution in [3.8, 4) is 11.4 Å². The van der Waals surface area contributed by atoms with Crippen molar-refractivity contribution in [2.24, 2.45) is 5.73 Å². The minimum atomic E-state index is -0.616. The zero-order chi connectivity index (χ0) is 11.9. The van der Waals surface area contributed by atoms with E-state index in [-0.39, 0.29) is 0 Å². The van der Waals surface area contributed by atoms with Gasteiger partial charge in [0, 0.05) is 17.6 Å².